The lowest BCUT2D eigenvalue weighted by Gasteiger charge is -2.47. The first-order valence-electron chi connectivity index (χ1n) is 11.7. The number of phenolic OH excluding ortho intramolecular Hbond substituents is 1. The highest BCUT2D eigenvalue weighted by Crippen LogP contribution is 2.56. The van der Waals surface area contributed by atoms with Gasteiger partial charge in [0, 0.05) is 31.0 Å². The van der Waals surface area contributed by atoms with E-state index >= 15 is 0 Å². The Morgan fingerprint density at radius 1 is 1.12 bits per heavy atom. The molecule has 0 spiro atoms. The van der Waals surface area contributed by atoms with Gasteiger partial charge >= 0.3 is 0 Å². The van der Waals surface area contributed by atoms with E-state index in [4.69, 9.17) is 5.73 Å². The van der Waals surface area contributed by atoms with Crippen molar-refractivity contribution in [2.24, 2.45) is 17.6 Å². The predicted molar refractivity (Wildman–Crippen MR) is 122 cm³/mol. The molecule has 4 aliphatic rings. The number of aromatic hydroxyl groups is 1. The maximum Gasteiger partial charge on any atom is 0.255 e. The molecule has 1 unspecified atom stereocenters. The van der Waals surface area contributed by atoms with Crippen LogP contribution in [0.2, 0.25) is 0 Å². The summed E-state index contributed by atoms with van der Waals surface area (Å²) in [5, 5.41) is 44.5. The zero-order valence-electron chi connectivity index (χ0n) is 18.9. The molecule has 1 saturated heterocycles. The van der Waals surface area contributed by atoms with Crippen molar-refractivity contribution in [2.45, 2.75) is 50.5 Å². The van der Waals surface area contributed by atoms with Crippen molar-refractivity contribution < 1.29 is 34.8 Å². The Balaban J connectivity index is 1.67. The van der Waals surface area contributed by atoms with E-state index in [2.05, 4.69) is 0 Å². The summed E-state index contributed by atoms with van der Waals surface area (Å²) in [6.07, 6.45) is 2.88. The fraction of sp³-hybridized carbons (Fsp3) is 0.480. The Morgan fingerprint density at radius 2 is 1.79 bits per heavy atom. The summed E-state index contributed by atoms with van der Waals surface area (Å²) in [5.41, 5.74) is 3.16. The molecule has 1 aliphatic heterocycles. The third kappa shape index (κ3) is 2.86. The quantitative estimate of drug-likeness (QED) is 0.412. The maximum absolute atomic E-state index is 13.6. The number of hydrogen-bond acceptors (Lipinski definition) is 8. The first-order chi connectivity index (χ1) is 16.1. The number of carbonyl (C=O) groups excluding carboxylic acids is 3. The number of Topliss-reactive ketones (excluding diaryl/α,β-unsaturated/α-hetero) is 2. The lowest BCUT2D eigenvalue weighted by atomic mass is 9.57. The van der Waals surface area contributed by atoms with Crippen LogP contribution in [0.1, 0.15) is 56.1 Å². The molecule has 34 heavy (non-hydrogen) atoms. The number of anilines is 1. The Hall–Kier alpha value is -3.33. The molecule has 180 valence electrons. The van der Waals surface area contributed by atoms with Crippen LogP contribution in [0.3, 0.4) is 0 Å². The highest BCUT2D eigenvalue weighted by molar-refractivity contribution is 6.22. The molecule has 9 heteroatoms. The molecular formula is C25H28N2O7. The van der Waals surface area contributed by atoms with E-state index in [1.807, 2.05) is 24.0 Å². The average Bonchev–Trinajstić information content (AvgIpc) is 2.79. The fourth-order valence-corrected chi connectivity index (χ4v) is 6.29. The zero-order chi connectivity index (χ0) is 24.5. The van der Waals surface area contributed by atoms with Crippen LogP contribution in [0.4, 0.5) is 5.69 Å². The standard InChI is InChI=1S/C25H28N2O7/c1-11-13-5-6-15(27-7-3-2-4-8-27)20(29)17(13)21(30)18-14(11)9-12-10-16(28)19(24(26)33)23(32)25(12,34)22(18)31/h5-6,11-12,14,29-30,32,34H,2-4,7-10H2,1H3,(H2,26,33)/t11-,12-,14?,25-/m0/s1. The third-order valence-corrected chi connectivity index (χ3v) is 8.12. The van der Waals surface area contributed by atoms with Gasteiger partial charge in [-0.15, -0.1) is 0 Å². The average molecular weight is 469 g/mol. The van der Waals surface area contributed by atoms with Gasteiger partial charge in [0.15, 0.2) is 11.4 Å². The fourth-order valence-electron chi connectivity index (χ4n) is 6.29. The van der Waals surface area contributed by atoms with Crippen molar-refractivity contribution in [1.82, 2.24) is 0 Å². The van der Waals surface area contributed by atoms with E-state index < -0.39 is 52.0 Å². The number of carbonyl (C=O) groups is 3. The second-order valence-corrected chi connectivity index (χ2v) is 9.85. The van der Waals surface area contributed by atoms with Crippen molar-refractivity contribution in [3.05, 3.63) is 40.2 Å². The molecule has 1 saturated carbocycles. The van der Waals surface area contributed by atoms with E-state index in [1.54, 1.807) is 0 Å². The molecule has 5 rings (SSSR count). The molecule has 1 aromatic carbocycles. The van der Waals surface area contributed by atoms with E-state index in [0.29, 0.717) is 11.3 Å². The molecular weight excluding hydrogens is 440 g/mol. The van der Waals surface area contributed by atoms with Gasteiger partial charge in [-0.25, -0.2) is 0 Å². The molecule has 2 fully saturated rings. The normalized spacial score (nSPS) is 31.2. The van der Waals surface area contributed by atoms with Crippen molar-refractivity contribution in [1.29, 1.82) is 0 Å². The summed E-state index contributed by atoms with van der Waals surface area (Å²) in [5.74, 6) is -6.39. The minimum Gasteiger partial charge on any atom is -0.508 e. The molecule has 0 bridgehead atoms. The smallest absolute Gasteiger partial charge is 0.255 e. The first kappa shape index (κ1) is 22.5. The molecule has 6 N–H and O–H groups in total. The number of primary amides is 1. The molecule has 3 aliphatic carbocycles. The van der Waals surface area contributed by atoms with Crippen molar-refractivity contribution in [2.75, 3.05) is 18.0 Å². The number of benzene rings is 1. The summed E-state index contributed by atoms with van der Waals surface area (Å²) in [4.78, 5) is 39.9. The Labute approximate surface area is 196 Å². The number of phenols is 1. The first-order valence-corrected chi connectivity index (χ1v) is 11.7. The topological polar surface area (TPSA) is 161 Å². The van der Waals surface area contributed by atoms with Crippen LogP contribution in [-0.4, -0.2) is 56.6 Å². The molecule has 9 nitrogen and oxygen atoms in total. The number of ketones is 2. The van der Waals surface area contributed by atoms with Gasteiger partial charge < -0.3 is 31.1 Å². The van der Waals surface area contributed by atoms with Gasteiger partial charge in [-0.3, -0.25) is 14.4 Å². The van der Waals surface area contributed by atoms with Gasteiger partial charge in [0.1, 0.15) is 22.8 Å². The van der Waals surface area contributed by atoms with Gasteiger partial charge in [0.2, 0.25) is 5.78 Å². The monoisotopic (exact) mass is 468 g/mol. The van der Waals surface area contributed by atoms with Gasteiger partial charge in [-0.05, 0) is 49.1 Å². The minimum absolute atomic E-state index is 0.116. The lowest BCUT2D eigenvalue weighted by molar-refractivity contribution is -0.148. The molecule has 1 amide bonds. The molecule has 1 aromatic rings. The molecule has 0 aromatic heterocycles. The van der Waals surface area contributed by atoms with Gasteiger partial charge in [-0.1, -0.05) is 13.0 Å². The van der Waals surface area contributed by atoms with E-state index in [9.17, 15) is 34.8 Å². The number of fused-ring (bicyclic) bond motifs is 3. The summed E-state index contributed by atoms with van der Waals surface area (Å²) < 4.78 is 0. The van der Waals surface area contributed by atoms with Crippen LogP contribution in [0.25, 0.3) is 5.76 Å². The number of amides is 1. The number of aliphatic hydroxyl groups is 3. The number of rotatable bonds is 2. The largest absolute Gasteiger partial charge is 0.508 e. The van der Waals surface area contributed by atoms with E-state index in [0.717, 1.165) is 32.4 Å². The van der Waals surface area contributed by atoms with Crippen LogP contribution < -0.4 is 10.6 Å². The SMILES string of the molecule is C[C@H]1c2ccc(N3CCCCC3)c(O)c2C(O)=C2C(=O)[C@]3(O)C(O)=C(C(N)=O)C(=O)C[C@@H]3CC21. The Morgan fingerprint density at radius 3 is 2.44 bits per heavy atom. The molecule has 4 atom stereocenters. The predicted octanol–water partition coefficient (Wildman–Crippen LogP) is 1.98. The molecule has 0 radical (unpaired) electrons. The van der Waals surface area contributed by atoms with Crippen LogP contribution in [-0.2, 0) is 14.4 Å². The number of nitrogens with zero attached hydrogens (tertiary/aromatic N) is 1. The summed E-state index contributed by atoms with van der Waals surface area (Å²) in [6.45, 7) is 3.40. The number of aliphatic hydroxyl groups excluding tert-OH is 2. The minimum atomic E-state index is -2.55. The summed E-state index contributed by atoms with van der Waals surface area (Å²) >= 11 is 0. The summed E-state index contributed by atoms with van der Waals surface area (Å²) in [6, 6.07) is 3.67. The van der Waals surface area contributed by atoms with Crippen molar-refractivity contribution in [3.63, 3.8) is 0 Å². The van der Waals surface area contributed by atoms with Crippen LogP contribution in [0, 0.1) is 11.8 Å². The maximum atomic E-state index is 13.6. The van der Waals surface area contributed by atoms with Crippen LogP contribution in [0.15, 0.2) is 29.0 Å². The van der Waals surface area contributed by atoms with E-state index in [-0.39, 0.29) is 35.6 Å². The third-order valence-electron chi connectivity index (χ3n) is 8.12. The Kier molecular flexibility index (Phi) is 5.02. The molecule has 1 heterocycles. The van der Waals surface area contributed by atoms with Crippen LogP contribution in [0.5, 0.6) is 5.75 Å². The van der Waals surface area contributed by atoms with Gasteiger partial charge in [0.25, 0.3) is 5.91 Å². The zero-order valence-corrected chi connectivity index (χ0v) is 18.9. The highest BCUT2D eigenvalue weighted by atomic mass is 16.3. The van der Waals surface area contributed by atoms with Crippen LogP contribution >= 0.6 is 0 Å². The lowest BCUT2D eigenvalue weighted by Crippen LogP contribution is -2.58. The van der Waals surface area contributed by atoms with Gasteiger partial charge in [0.05, 0.1) is 11.3 Å². The van der Waals surface area contributed by atoms with Crippen molar-refractivity contribution in [3.8, 4) is 5.75 Å². The van der Waals surface area contributed by atoms with Gasteiger partial charge in [-0.2, -0.15) is 0 Å². The van der Waals surface area contributed by atoms with E-state index in [1.165, 1.54) is 0 Å². The van der Waals surface area contributed by atoms with Crippen molar-refractivity contribution >= 4 is 28.9 Å². The Bertz CT molecular complexity index is 1190. The number of nitrogens with two attached hydrogens (primary N) is 1. The summed E-state index contributed by atoms with van der Waals surface area (Å²) in [7, 11) is 0. The number of hydrogen-bond donors (Lipinski definition) is 5. The highest BCUT2D eigenvalue weighted by Gasteiger charge is 2.61. The second kappa shape index (κ2) is 7.59. The number of piperidine rings is 1. The second-order valence-electron chi connectivity index (χ2n) is 9.85.